The van der Waals surface area contributed by atoms with Crippen LogP contribution in [0.3, 0.4) is 0 Å². The Labute approximate surface area is 118 Å². The highest BCUT2D eigenvalue weighted by Gasteiger charge is 2.20. The van der Waals surface area contributed by atoms with Crippen molar-refractivity contribution in [2.75, 3.05) is 11.9 Å². The first kappa shape index (κ1) is 13.9. The van der Waals surface area contributed by atoms with Crippen LogP contribution >= 0.6 is 15.9 Å². The predicted octanol–water partition coefficient (Wildman–Crippen LogP) is 4.27. The lowest BCUT2D eigenvalue weighted by molar-refractivity contribution is 0.199. The topological polar surface area (TPSA) is 23.5 Å². The van der Waals surface area contributed by atoms with Gasteiger partial charge in [-0.05, 0) is 53.4 Å². The van der Waals surface area contributed by atoms with Crippen LogP contribution in [0.25, 0.3) is 0 Å². The van der Waals surface area contributed by atoms with Gasteiger partial charge in [0, 0.05) is 17.6 Å². The molecule has 1 aliphatic rings. The molecule has 1 aromatic rings. The van der Waals surface area contributed by atoms with Gasteiger partial charge >= 0.3 is 0 Å². The van der Waals surface area contributed by atoms with Crippen molar-refractivity contribution >= 4 is 21.6 Å². The average Bonchev–Trinajstić information content (AvgIpc) is 2.38. The standard InChI is InChI=1S/C15H22BrNO/c1-11(18)12-8-9-15(14(16)10-12)17(2)13-6-4-3-5-7-13/h8-11,13,18H,3-7H2,1-2H3. The van der Waals surface area contributed by atoms with E-state index in [0.717, 1.165) is 10.0 Å². The monoisotopic (exact) mass is 311 g/mol. The first-order valence-electron chi connectivity index (χ1n) is 6.80. The Balaban J connectivity index is 2.16. The average molecular weight is 312 g/mol. The minimum absolute atomic E-state index is 0.407. The molecule has 0 radical (unpaired) electrons. The zero-order valence-corrected chi connectivity index (χ0v) is 12.8. The minimum atomic E-state index is -0.407. The summed E-state index contributed by atoms with van der Waals surface area (Å²) in [4.78, 5) is 2.38. The summed E-state index contributed by atoms with van der Waals surface area (Å²) in [7, 11) is 2.18. The zero-order valence-electron chi connectivity index (χ0n) is 11.2. The predicted molar refractivity (Wildman–Crippen MR) is 80.1 cm³/mol. The number of halogens is 1. The number of rotatable bonds is 3. The molecule has 2 nitrogen and oxygen atoms in total. The molecular formula is C15H22BrNO. The van der Waals surface area contributed by atoms with Gasteiger partial charge in [0.15, 0.2) is 0 Å². The van der Waals surface area contributed by atoms with Crippen molar-refractivity contribution in [3.05, 3.63) is 28.2 Å². The first-order chi connectivity index (χ1) is 8.59. The van der Waals surface area contributed by atoms with Gasteiger partial charge in [0.05, 0.1) is 11.8 Å². The highest BCUT2D eigenvalue weighted by Crippen LogP contribution is 2.33. The lowest BCUT2D eigenvalue weighted by Gasteiger charge is -2.33. The number of hydrogen-bond acceptors (Lipinski definition) is 2. The Morgan fingerprint density at radius 1 is 1.28 bits per heavy atom. The fourth-order valence-corrected chi connectivity index (χ4v) is 3.41. The molecule has 100 valence electrons. The van der Waals surface area contributed by atoms with E-state index in [9.17, 15) is 5.11 Å². The second-order valence-electron chi connectivity index (χ2n) is 5.29. The summed E-state index contributed by atoms with van der Waals surface area (Å²) in [5.41, 5.74) is 2.19. The number of benzene rings is 1. The summed E-state index contributed by atoms with van der Waals surface area (Å²) in [5, 5.41) is 9.59. The van der Waals surface area contributed by atoms with Gasteiger partial charge in [0.25, 0.3) is 0 Å². The molecule has 1 aliphatic carbocycles. The van der Waals surface area contributed by atoms with Gasteiger partial charge in [-0.2, -0.15) is 0 Å². The maximum atomic E-state index is 9.59. The third-order valence-corrected chi connectivity index (χ3v) is 4.59. The normalized spacial score (nSPS) is 18.7. The molecule has 1 fully saturated rings. The van der Waals surface area contributed by atoms with Crippen molar-refractivity contribution in [2.45, 2.75) is 51.2 Å². The fraction of sp³-hybridized carbons (Fsp3) is 0.600. The third-order valence-electron chi connectivity index (χ3n) is 3.96. The molecule has 2 rings (SSSR count). The summed E-state index contributed by atoms with van der Waals surface area (Å²) in [6.45, 7) is 1.80. The zero-order chi connectivity index (χ0) is 13.1. The summed E-state index contributed by atoms with van der Waals surface area (Å²) >= 11 is 3.63. The Morgan fingerprint density at radius 2 is 1.94 bits per heavy atom. The van der Waals surface area contributed by atoms with Gasteiger partial charge in [0.1, 0.15) is 0 Å². The van der Waals surface area contributed by atoms with Crippen LogP contribution in [-0.4, -0.2) is 18.2 Å². The van der Waals surface area contributed by atoms with Gasteiger partial charge in [-0.3, -0.25) is 0 Å². The molecule has 0 heterocycles. The summed E-state index contributed by atoms with van der Waals surface area (Å²) < 4.78 is 1.08. The van der Waals surface area contributed by atoms with Crippen LogP contribution < -0.4 is 4.90 Å². The summed E-state index contributed by atoms with van der Waals surface area (Å²) in [6.07, 6.45) is 6.25. The van der Waals surface area contributed by atoms with Gasteiger partial charge < -0.3 is 10.0 Å². The Hall–Kier alpha value is -0.540. The lowest BCUT2D eigenvalue weighted by atomic mass is 9.94. The number of aliphatic hydroxyl groups is 1. The van der Waals surface area contributed by atoms with E-state index < -0.39 is 6.10 Å². The van der Waals surface area contributed by atoms with Gasteiger partial charge in [-0.15, -0.1) is 0 Å². The van der Waals surface area contributed by atoms with Crippen molar-refractivity contribution < 1.29 is 5.11 Å². The van der Waals surface area contributed by atoms with Crippen molar-refractivity contribution in [2.24, 2.45) is 0 Å². The van der Waals surface area contributed by atoms with Crippen molar-refractivity contribution in [3.63, 3.8) is 0 Å². The molecule has 1 aromatic carbocycles. The van der Waals surface area contributed by atoms with Crippen molar-refractivity contribution in [3.8, 4) is 0 Å². The van der Waals surface area contributed by atoms with E-state index in [1.807, 2.05) is 12.1 Å². The fourth-order valence-electron chi connectivity index (χ4n) is 2.73. The first-order valence-corrected chi connectivity index (χ1v) is 7.59. The Morgan fingerprint density at radius 3 is 2.50 bits per heavy atom. The molecule has 3 heteroatoms. The van der Waals surface area contributed by atoms with Crippen LogP contribution in [0.4, 0.5) is 5.69 Å². The number of anilines is 1. The maximum absolute atomic E-state index is 9.59. The van der Waals surface area contributed by atoms with Gasteiger partial charge in [0.2, 0.25) is 0 Å². The molecule has 1 N–H and O–H groups in total. The summed E-state index contributed by atoms with van der Waals surface area (Å²) in [5.74, 6) is 0. The molecule has 1 unspecified atom stereocenters. The van der Waals surface area contributed by atoms with Crippen molar-refractivity contribution in [1.29, 1.82) is 0 Å². The molecular weight excluding hydrogens is 290 g/mol. The molecule has 1 atom stereocenters. The van der Waals surface area contributed by atoms with E-state index in [4.69, 9.17) is 0 Å². The van der Waals surface area contributed by atoms with E-state index in [1.54, 1.807) is 6.92 Å². The Kier molecular flexibility index (Phi) is 4.68. The molecule has 18 heavy (non-hydrogen) atoms. The molecule has 0 aromatic heterocycles. The molecule has 0 saturated heterocycles. The lowest BCUT2D eigenvalue weighted by Crippen LogP contribution is -2.33. The van der Waals surface area contributed by atoms with E-state index in [-0.39, 0.29) is 0 Å². The second kappa shape index (κ2) is 6.07. The van der Waals surface area contributed by atoms with Gasteiger partial charge in [-0.25, -0.2) is 0 Å². The molecule has 0 amide bonds. The highest BCUT2D eigenvalue weighted by molar-refractivity contribution is 9.10. The number of nitrogens with zero attached hydrogens (tertiary/aromatic N) is 1. The molecule has 1 saturated carbocycles. The van der Waals surface area contributed by atoms with Crippen LogP contribution in [0.1, 0.15) is 50.7 Å². The smallest absolute Gasteiger partial charge is 0.0762 e. The highest BCUT2D eigenvalue weighted by atomic mass is 79.9. The third kappa shape index (κ3) is 3.07. The van der Waals surface area contributed by atoms with Crippen LogP contribution in [0.2, 0.25) is 0 Å². The van der Waals surface area contributed by atoms with Gasteiger partial charge in [-0.1, -0.05) is 25.3 Å². The number of aliphatic hydroxyl groups excluding tert-OH is 1. The minimum Gasteiger partial charge on any atom is -0.389 e. The van der Waals surface area contributed by atoms with E-state index >= 15 is 0 Å². The van der Waals surface area contributed by atoms with E-state index in [1.165, 1.54) is 37.8 Å². The van der Waals surface area contributed by atoms with E-state index in [0.29, 0.717) is 6.04 Å². The second-order valence-corrected chi connectivity index (χ2v) is 6.14. The molecule has 0 aliphatic heterocycles. The van der Waals surface area contributed by atoms with E-state index in [2.05, 4.69) is 33.9 Å². The van der Waals surface area contributed by atoms with Crippen LogP contribution in [-0.2, 0) is 0 Å². The maximum Gasteiger partial charge on any atom is 0.0762 e. The molecule has 0 spiro atoms. The van der Waals surface area contributed by atoms with Crippen LogP contribution in [0.5, 0.6) is 0 Å². The molecule has 0 bridgehead atoms. The number of hydrogen-bond donors (Lipinski definition) is 1. The van der Waals surface area contributed by atoms with Crippen LogP contribution in [0, 0.1) is 0 Å². The van der Waals surface area contributed by atoms with Crippen LogP contribution in [0.15, 0.2) is 22.7 Å². The largest absolute Gasteiger partial charge is 0.389 e. The van der Waals surface area contributed by atoms with Crippen molar-refractivity contribution in [1.82, 2.24) is 0 Å². The summed E-state index contributed by atoms with van der Waals surface area (Å²) in [6, 6.07) is 6.82. The SMILES string of the molecule is CC(O)c1ccc(N(C)C2CCCCC2)c(Br)c1. The Bertz CT molecular complexity index is 399. The quantitative estimate of drug-likeness (QED) is 0.901.